The number of amides is 2. The molecule has 3 N–H and O–H groups in total. The van der Waals surface area contributed by atoms with Gasteiger partial charge in [0.25, 0.3) is 5.91 Å². The van der Waals surface area contributed by atoms with Crippen LogP contribution in [-0.2, 0) is 9.53 Å². The molecule has 4 rings (SSSR count). The number of pyridine rings is 1. The Morgan fingerprint density at radius 3 is 2.34 bits per heavy atom. The molecule has 0 fully saturated rings. The third-order valence-electron chi connectivity index (χ3n) is 5.03. The molecule has 0 saturated heterocycles. The van der Waals surface area contributed by atoms with Crippen molar-refractivity contribution in [3.05, 3.63) is 92.9 Å². The van der Waals surface area contributed by atoms with E-state index in [1.54, 1.807) is 36.4 Å². The minimum absolute atomic E-state index is 0.172. The summed E-state index contributed by atoms with van der Waals surface area (Å²) < 4.78 is 5.26. The van der Waals surface area contributed by atoms with Crippen molar-refractivity contribution in [1.82, 2.24) is 4.98 Å². The largest absolute Gasteiger partial charge is 0.452 e. The molecule has 0 spiro atoms. The number of carbonyl (C=O) groups is 3. The van der Waals surface area contributed by atoms with E-state index >= 15 is 0 Å². The van der Waals surface area contributed by atoms with Gasteiger partial charge in [0, 0.05) is 22.2 Å². The Balaban J connectivity index is 1.57. The molecule has 35 heavy (non-hydrogen) atoms. The van der Waals surface area contributed by atoms with Gasteiger partial charge in [-0.2, -0.15) is 0 Å². The first kappa shape index (κ1) is 24.5. The Morgan fingerprint density at radius 1 is 0.914 bits per heavy atom. The van der Waals surface area contributed by atoms with Crippen molar-refractivity contribution < 1.29 is 19.1 Å². The van der Waals surface area contributed by atoms with Crippen molar-refractivity contribution in [2.45, 2.75) is 0 Å². The molecule has 3 aromatic carbocycles. The van der Waals surface area contributed by atoms with E-state index < -0.39 is 24.4 Å². The van der Waals surface area contributed by atoms with Crippen LogP contribution in [0.4, 0.5) is 5.69 Å². The number of hydrogen-bond acceptors (Lipinski definition) is 5. The molecule has 4 aromatic rings. The van der Waals surface area contributed by atoms with Crippen LogP contribution in [-0.4, -0.2) is 29.4 Å². The molecule has 176 valence electrons. The first-order valence-corrected chi connectivity index (χ1v) is 11.3. The van der Waals surface area contributed by atoms with Crippen LogP contribution in [0.15, 0.2) is 66.7 Å². The van der Waals surface area contributed by atoms with E-state index in [1.165, 1.54) is 30.3 Å². The number of ether oxygens (including phenoxy) is 1. The van der Waals surface area contributed by atoms with E-state index in [2.05, 4.69) is 10.3 Å². The summed E-state index contributed by atoms with van der Waals surface area (Å²) in [5, 5.41) is 3.78. The number of fused-ring (bicyclic) bond motifs is 1. The van der Waals surface area contributed by atoms with E-state index in [0.29, 0.717) is 33.4 Å². The van der Waals surface area contributed by atoms with Crippen LogP contribution in [0.3, 0.4) is 0 Å². The van der Waals surface area contributed by atoms with Gasteiger partial charge >= 0.3 is 5.97 Å². The number of nitrogens with two attached hydrogens (primary N) is 1. The summed E-state index contributed by atoms with van der Waals surface area (Å²) in [6.07, 6.45) is 0. The van der Waals surface area contributed by atoms with Crippen LogP contribution >= 0.6 is 34.8 Å². The number of carbonyl (C=O) groups excluding carboxylic acids is 3. The zero-order valence-electron chi connectivity index (χ0n) is 17.8. The normalized spacial score (nSPS) is 10.7. The summed E-state index contributed by atoms with van der Waals surface area (Å²) in [6, 6.07) is 17.7. The van der Waals surface area contributed by atoms with Gasteiger partial charge in [-0.15, -0.1) is 0 Å². The molecule has 10 heteroatoms. The standard InChI is InChI=1S/C25H16Cl3N3O4/c26-18-10-9-16(22(27)23(18)28)20-11-17(15-3-1-2-4-19(15)31-20)25(34)35-12-21(32)30-14-7-5-13(6-8-14)24(29)33/h1-11H,12H2,(H2,29,33)(H,30,32). The lowest BCUT2D eigenvalue weighted by Crippen LogP contribution is -2.21. The summed E-state index contributed by atoms with van der Waals surface area (Å²) >= 11 is 18.6. The van der Waals surface area contributed by atoms with Gasteiger partial charge in [0.15, 0.2) is 6.61 Å². The van der Waals surface area contributed by atoms with Gasteiger partial charge < -0.3 is 15.8 Å². The van der Waals surface area contributed by atoms with Gasteiger partial charge in [-0.05, 0) is 48.5 Å². The zero-order valence-corrected chi connectivity index (χ0v) is 20.1. The third-order valence-corrected chi connectivity index (χ3v) is 6.33. The first-order chi connectivity index (χ1) is 16.7. The zero-order chi connectivity index (χ0) is 25.1. The van der Waals surface area contributed by atoms with E-state index in [4.69, 9.17) is 45.3 Å². The summed E-state index contributed by atoms with van der Waals surface area (Å²) in [5.41, 5.74) is 7.52. The van der Waals surface area contributed by atoms with Gasteiger partial charge in [-0.25, -0.2) is 9.78 Å². The fraction of sp³-hybridized carbons (Fsp3) is 0.0400. The fourth-order valence-corrected chi connectivity index (χ4v) is 3.96. The van der Waals surface area contributed by atoms with Crippen LogP contribution in [0.25, 0.3) is 22.2 Å². The van der Waals surface area contributed by atoms with Crippen molar-refractivity contribution in [2.75, 3.05) is 11.9 Å². The second-order valence-corrected chi connectivity index (χ2v) is 8.52. The molecule has 0 aliphatic carbocycles. The lowest BCUT2D eigenvalue weighted by atomic mass is 10.0. The number of anilines is 1. The smallest absolute Gasteiger partial charge is 0.339 e. The van der Waals surface area contributed by atoms with E-state index in [0.717, 1.165) is 0 Å². The average Bonchev–Trinajstić information content (AvgIpc) is 2.85. The van der Waals surface area contributed by atoms with Gasteiger partial charge in [0.2, 0.25) is 5.91 Å². The van der Waals surface area contributed by atoms with E-state index in [-0.39, 0.29) is 20.6 Å². The number of benzene rings is 3. The minimum Gasteiger partial charge on any atom is -0.452 e. The molecule has 0 radical (unpaired) electrons. The molecule has 0 saturated carbocycles. The molecule has 0 bridgehead atoms. The van der Waals surface area contributed by atoms with E-state index in [9.17, 15) is 14.4 Å². The van der Waals surface area contributed by atoms with Crippen LogP contribution in [0.2, 0.25) is 15.1 Å². The second kappa shape index (κ2) is 10.3. The predicted octanol–water partition coefficient (Wildman–Crippen LogP) is 5.76. The molecule has 1 heterocycles. The number of primary amides is 1. The Labute approximate surface area is 214 Å². The summed E-state index contributed by atoms with van der Waals surface area (Å²) in [5.74, 6) is -1.86. The van der Waals surface area contributed by atoms with Gasteiger partial charge in [-0.3, -0.25) is 9.59 Å². The average molecular weight is 529 g/mol. The molecular weight excluding hydrogens is 513 g/mol. The SMILES string of the molecule is NC(=O)c1ccc(NC(=O)COC(=O)c2cc(-c3ccc(Cl)c(Cl)c3Cl)nc3ccccc23)cc1. The number of halogens is 3. The number of rotatable bonds is 6. The maximum Gasteiger partial charge on any atom is 0.339 e. The summed E-state index contributed by atoms with van der Waals surface area (Å²) in [6.45, 7) is -0.532. The highest BCUT2D eigenvalue weighted by Crippen LogP contribution is 2.38. The fourth-order valence-electron chi connectivity index (χ4n) is 3.33. The van der Waals surface area contributed by atoms with Crippen molar-refractivity contribution in [1.29, 1.82) is 0 Å². The first-order valence-electron chi connectivity index (χ1n) is 10.1. The van der Waals surface area contributed by atoms with Crippen molar-refractivity contribution in [3.63, 3.8) is 0 Å². The highest BCUT2D eigenvalue weighted by atomic mass is 35.5. The van der Waals surface area contributed by atoms with Crippen LogP contribution < -0.4 is 11.1 Å². The number of hydrogen-bond donors (Lipinski definition) is 2. The number of esters is 1. The van der Waals surface area contributed by atoms with Crippen molar-refractivity contribution >= 4 is 69.2 Å². The number of nitrogens with zero attached hydrogens (tertiary/aromatic N) is 1. The molecule has 0 aliphatic heterocycles. The summed E-state index contributed by atoms with van der Waals surface area (Å²) in [4.78, 5) is 41.0. The lowest BCUT2D eigenvalue weighted by Gasteiger charge is -2.12. The predicted molar refractivity (Wildman–Crippen MR) is 136 cm³/mol. The minimum atomic E-state index is -0.722. The maximum absolute atomic E-state index is 13.0. The highest BCUT2D eigenvalue weighted by Gasteiger charge is 2.19. The van der Waals surface area contributed by atoms with Gasteiger partial charge in [0.05, 0.1) is 31.8 Å². The molecular formula is C25H16Cl3N3O4. The maximum atomic E-state index is 13.0. The highest BCUT2D eigenvalue weighted by molar-refractivity contribution is 6.49. The third kappa shape index (κ3) is 5.38. The molecule has 1 aromatic heterocycles. The molecule has 0 aliphatic rings. The van der Waals surface area contributed by atoms with Crippen LogP contribution in [0.1, 0.15) is 20.7 Å². The monoisotopic (exact) mass is 527 g/mol. The van der Waals surface area contributed by atoms with Crippen molar-refractivity contribution in [2.24, 2.45) is 5.73 Å². The van der Waals surface area contributed by atoms with E-state index in [1.807, 2.05) is 0 Å². The molecule has 0 atom stereocenters. The topological polar surface area (TPSA) is 111 Å². The Kier molecular flexibility index (Phi) is 7.21. The van der Waals surface area contributed by atoms with Crippen LogP contribution in [0.5, 0.6) is 0 Å². The quantitative estimate of drug-likeness (QED) is 0.244. The Morgan fingerprint density at radius 2 is 1.63 bits per heavy atom. The Hall–Kier alpha value is -3.65. The number of para-hydroxylation sites is 1. The molecule has 2 amide bonds. The van der Waals surface area contributed by atoms with Gasteiger partial charge in [-0.1, -0.05) is 53.0 Å². The Bertz CT molecular complexity index is 1470. The second-order valence-electron chi connectivity index (χ2n) is 7.36. The van der Waals surface area contributed by atoms with Crippen LogP contribution in [0, 0.1) is 0 Å². The number of aromatic nitrogens is 1. The summed E-state index contributed by atoms with van der Waals surface area (Å²) in [7, 11) is 0. The molecule has 7 nitrogen and oxygen atoms in total. The number of nitrogens with one attached hydrogen (secondary N) is 1. The lowest BCUT2D eigenvalue weighted by molar-refractivity contribution is -0.119. The van der Waals surface area contributed by atoms with Crippen molar-refractivity contribution in [3.8, 4) is 11.3 Å². The molecule has 0 unspecified atom stereocenters. The van der Waals surface area contributed by atoms with Gasteiger partial charge in [0.1, 0.15) is 0 Å².